The molecule has 0 radical (unpaired) electrons. The number of alkyl halides is 3. The molecule has 0 fully saturated rings. The number of halogens is 3. The lowest BCUT2D eigenvalue weighted by molar-refractivity contribution is -0.137. The van der Waals surface area contributed by atoms with Gasteiger partial charge in [-0.1, -0.05) is 6.07 Å². The van der Waals surface area contributed by atoms with Crippen molar-refractivity contribution >= 4 is 17.3 Å². The molecule has 0 aliphatic rings. The summed E-state index contributed by atoms with van der Waals surface area (Å²) in [6.45, 7) is 1.87. The molecule has 2 N–H and O–H groups in total. The summed E-state index contributed by atoms with van der Waals surface area (Å²) in [5, 5.41) is 5.48. The van der Waals surface area contributed by atoms with Crippen molar-refractivity contribution in [1.29, 1.82) is 0 Å². The Kier molecular flexibility index (Phi) is 5.33. The van der Waals surface area contributed by atoms with E-state index in [-0.39, 0.29) is 12.5 Å². The zero-order chi connectivity index (χ0) is 17.7. The van der Waals surface area contributed by atoms with Crippen LogP contribution in [0.15, 0.2) is 42.5 Å². The van der Waals surface area contributed by atoms with Gasteiger partial charge in [-0.15, -0.1) is 0 Å². The van der Waals surface area contributed by atoms with Crippen LogP contribution in [-0.2, 0) is 11.0 Å². The molecule has 0 heterocycles. The van der Waals surface area contributed by atoms with Gasteiger partial charge in [0.15, 0.2) is 0 Å². The number of hydrogen-bond donors (Lipinski definition) is 2. The lowest BCUT2D eigenvalue weighted by Gasteiger charge is -2.12. The Bertz CT molecular complexity index is 713. The minimum absolute atomic E-state index is 0.0408. The quantitative estimate of drug-likeness (QED) is 0.864. The van der Waals surface area contributed by atoms with Crippen LogP contribution >= 0.6 is 0 Å². The summed E-state index contributed by atoms with van der Waals surface area (Å²) in [7, 11) is 1.53. The third kappa shape index (κ3) is 4.65. The Labute approximate surface area is 137 Å². The summed E-state index contributed by atoms with van der Waals surface area (Å²) in [6, 6.07) is 9.78. The molecule has 0 aliphatic heterocycles. The van der Waals surface area contributed by atoms with Gasteiger partial charge in [-0.3, -0.25) is 4.79 Å². The second kappa shape index (κ2) is 7.25. The maximum Gasteiger partial charge on any atom is 0.416 e. The molecule has 0 unspecified atom stereocenters. The first kappa shape index (κ1) is 17.7. The number of aryl methyl sites for hydroxylation is 1. The standard InChI is InChI=1S/C17H17F3N2O2/c1-11-3-8-15(24-2)14(9-11)21-10-16(23)22-13-6-4-12(5-7-13)17(18,19)20/h3-9,21H,10H2,1-2H3,(H,22,23). The first-order chi connectivity index (χ1) is 11.3. The molecule has 0 spiro atoms. The monoisotopic (exact) mass is 338 g/mol. The van der Waals surface area contributed by atoms with E-state index in [1.165, 1.54) is 19.2 Å². The highest BCUT2D eigenvalue weighted by Crippen LogP contribution is 2.30. The van der Waals surface area contributed by atoms with Crippen LogP contribution in [0.2, 0.25) is 0 Å². The number of methoxy groups -OCH3 is 1. The third-order valence-corrected chi connectivity index (χ3v) is 3.29. The molecule has 4 nitrogen and oxygen atoms in total. The minimum Gasteiger partial charge on any atom is -0.495 e. The fourth-order valence-corrected chi connectivity index (χ4v) is 2.08. The van der Waals surface area contributed by atoms with E-state index in [1.807, 2.05) is 19.1 Å². The van der Waals surface area contributed by atoms with Gasteiger partial charge in [-0.25, -0.2) is 0 Å². The van der Waals surface area contributed by atoms with Crippen LogP contribution in [-0.4, -0.2) is 19.6 Å². The minimum atomic E-state index is -4.40. The van der Waals surface area contributed by atoms with Crippen molar-refractivity contribution < 1.29 is 22.7 Å². The van der Waals surface area contributed by atoms with Gasteiger partial charge in [0.1, 0.15) is 5.75 Å². The molecular weight excluding hydrogens is 321 g/mol. The van der Waals surface area contributed by atoms with Gasteiger partial charge in [0, 0.05) is 5.69 Å². The summed E-state index contributed by atoms with van der Waals surface area (Å²) < 4.78 is 42.7. The Morgan fingerprint density at radius 3 is 2.38 bits per heavy atom. The predicted octanol–water partition coefficient (Wildman–Crippen LogP) is 4.07. The molecule has 24 heavy (non-hydrogen) atoms. The van der Waals surface area contributed by atoms with Crippen molar-refractivity contribution in [2.24, 2.45) is 0 Å². The summed E-state index contributed by atoms with van der Waals surface area (Å²) in [5.41, 5.74) is 1.20. The summed E-state index contributed by atoms with van der Waals surface area (Å²) in [4.78, 5) is 11.9. The van der Waals surface area contributed by atoms with Crippen molar-refractivity contribution in [1.82, 2.24) is 0 Å². The molecule has 0 atom stereocenters. The zero-order valence-electron chi connectivity index (χ0n) is 13.2. The molecular formula is C17H17F3N2O2. The number of nitrogens with one attached hydrogen (secondary N) is 2. The molecule has 0 aliphatic carbocycles. The fraction of sp³-hybridized carbons (Fsp3) is 0.235. The Hall–Kier alpha value is -2.70. The van der Waals surface area contributed by atoms with Crippen LogP contribution in [0, 0.1) is 6.92 Å². The summed E-state index contributed by atoms with van der Waals surface area (Å²) in [6.07, 6.45) is -4.40. The number of rotatable bonds is 5. The lowest BCUT2D eigenvalue weighted by atomic mass is 10.2. The first-order valence-corrected chi connectivity index (χ1v) is 7.15. The number of ether oxygens (including phenoxy) is 1. The topological polar surface area (TPSA) is 50.4 Å². The van der Waals surface area contributed by atoms with Crippen LogP contribution in [0.3, 0.4) is 0 Å². The summed E-state index contributed by atoms with van der Waals surface area (Å²) in [5.74, 6) is 0.223. The molecule has 2 rings (SSSR count). The Morgan fingerprint density at radius 1 is 1.12 bits per heavy atom. The predicted molar refractivity (Wildman–Crippen MR) is 86.3 cm³/mol. The third-order valence-electron chi connectivity index (χ3n) is 3.29. The van der Waals surface area contributed by atoms with Gasteiger partial charge in [0.05, 0.1) is 24.9 Å². The van der Waals surface area contributed by atoms with Gasteiger partial charge >= 0.3 is 6.18 Å². The SMILES string of the molecule is COc1ccc(C)cc1NCC(=O)Nc1ccc(C(F)(F)F)cc1. The molecule has 0 saturated carbocycles. The van der Waals surface area contributed by atoms with Crippen molar-refractivity contribution in [3.63, 3.8) is 0 Å². The maximum absolute atomic E-state index is 12.5. The van der Waals surface area contributed by atoms with E-state index in [0.717, 1.165) is 17.7 Å². The molecule has 128 valence electrons. The maximum atomic E-state index is 12.5. The molecule has 1 amide bonds. The van der Waals surface area contributed by atoms with Gasteiger partial charge in [-0.2, -0.15) is 13.2 Å². The zero-order valence-corrected chi connectivity index (χ0v) is 13.2. The largest absolute Gasteiger partial charge is 0.495 e. The first-order valence-electron chi connectivity index (χ1n) is 7.15. The second-order valence-corrected chi connectivity index (χ2v) is 5.18. The molecule has 7 heteroatoms. The van der Waals surface area contributed by atoms with E-state index in [1.54, 1.807) is 6.07 Å². The highest BCUT2D eigenvalue weighted by molar-refractivity contribution is 5.94. The van der Waals surface area contributed by atoms with Crippen LogP contribution in [0.25, 0.3) is 0 Å². The Morgan fingerprint density at radius 2 is 1.79 bits per heavy atom. The van der Waals surface area contributed by atoms with Gasteiger partial charge in [0.25, 0.3) is 0 Å². The van der Waals surface area contributed by atoms with Crippen molar-refractivity contribution in [3.8, 4) is 5.75 Å². The molecule has 2 aromatic rings. The molecule has 0 aromatic heterocycles. The lowest BCUT2D eigenvalue weighted by Crippen LogP contribution is -2.22. The van der Waals surface area contributed by atoms with E-state index >= 15 is 0 Å². The number of carbonyl (C=O) groups excluding carboxylic acids is 1. The van der Waals surface area contributed by atoms with E-state index in [0.29, 0.717) is 17.1 Å². The highest BCUT2D eigenvalue weighted by atomic mass is 19.4. The van der Waals surface area contributed by atoms with E-state index in [4.69, 9.17) is 4.74 Å². The van der Waals surface area contributed by atoms with Crippen LogP contribution in [0.1, 0.15) is 11.1 Å². The number of anilines is 2. The van der Waals surface area contributed by atoms with Gasteiger partial charge in [0.2, 0.25) is 5.91 Å². The smallest absolute Gasteiger partial charge is 0.416 e. The number of hydrogen-bond acceptors (Lipinski definition) is 3. The van der Waals surface area contributed by atoms with E-state index in [9.17, 15) is 18.0 Å². The van der Waals surface area contributed by atoms with Crippen molar-refractivity contribution in [2.75, 3.05) is 24.3 Å². The summed E-state index contributed by atoms with van der Waals surface area (Å²) >= 11 is 0. The average Bonchev–Trinajstić information content (AvgIpc) is 2.53. The highest BCUT2D eigenvalue weighted by Gasteiger charge is 2.29. The molecule has 2 aromatic carbocycles. The van der Waals surface area contributed by atoms with Crippen LogP contribution in [0.5, 0.6) is 5.75 Å². The van der Waals surface area contributed by atoms with Crippen molar-refractivity contribution in [2.45, 2.75) is 13.1 Å². The van der Waals surface area contributed by atoms with Gasteiger partial charge in [-0.05, 0) is 48.9 Å². The van der Waals surface area contributed by atoms with Crippen LogP contribution < -0.4 is 15.4 Å². The molecule has 0 bridgehead atoms. The van der Waals surface area contributed by atoms with Crippen molar-refractivity contribution in [3.05, 3.63) is 53.6 Å². The van der Waals surface area contributed by atoms with Gasteiger partial charge < -0.3 is 15.4 Å². The molecule has 0 saturated heterocycles. The average molecular weight is 338 g/mol. The number of carbonyl (C=O) groups is 1. The fourth-order valence-electron chi connectivity index (χ4n) is 2.08. The second-order valence-electron chi connectivity index (χ2n) is 5.18. The number of amides is 1. The van der Waals surface area contributed by atoms with E-state index < -0.39 is 11.7 Å². The normalized spacial score (nSPS) is 11.0. The van der Waals surface area contributed by atoms with Crippen LogP contribution in [0.4, 0.5) is 24.5 Å². The number of benzene rings is 2. The van der Waals surface area contributed by atoms with E-state index in [2.05, 4.69) is 10.6 Å². The Balaban J connectivity index is 1.95.